The predicted molar refractivity (Wildman–Crippen MR) is 155 cm³/mol. The number of rotatable bonds is 6. The topological polar surface area (TPSA) is 146 Å². The van der Waals surface area contributed by atoms with E-state index >= 15 is 0 Å². The standard InChI is InChI=1S/C34H38FN3O6/c1-32-14-20-16-37-38(23-6-8-26(35)19(11-23)17-39)27(20)13-21(32)5-7-24-25-12-22(9-10-36)34(31(42)43,44-30(41)18-3-4-18)33(25,2)15-28(40)29(24)32/h6,8,11,13,16,18,22,24-25,28-29,39-40H,3-5,7,9,12,14-15,17H2,1-2H3,(H,42,43)/t22?,24-,25-,28-,29+,32-,33-,34-/m0/s1. The second-order valence-corrected chi connectivity index (χ2v) is 14.2. The number of hydrogen-bond donors (Lipinski definition) is 3. The second-order valence-electron chi connectivity index (χ2n) is 14.2. The van der Waals surface area contributed by atoms with E-state index < -0.39 is 52.8 Å². The number of carboxylic acid groups (broad SMARTS) is 1. The van der Waals surface area contributed by atoms with Crippen LogP contribution in [0.15, 0.2) is 30.0 Å². The van der Waals surface area contributed by atoms with E-state index in [1.165, 1.54) is 11.6 Å². The van der Waals surface area contributed by atoms with Gasteiger partial charge in [0.15, 0.2) is 0 Å². The van der Waals surface area contributed by atoms with Crippen LogP contribution in [0.4, 0.5) is 4.39 Å². The normalized spacial score (nSPS) is 37.1. The Morgan fingerprint density at radius 1 is 1.25 bits per heavy atom. The van der Waals surface area contributed by atoms with Crippen molar-refractivity contribution in [1.29, 1.82) is 5.26 Å². The van der Waals surface area contributed by atoms with Gasteiger partial charge in [-0.2, -0.15) is 10.4 Å². The minimum Gasteiger partial charge on any atom is -0.478 e. The Balaban J connectivity index is 1.25. The fourth-order valence-electron chi connectivity index (χ4n) is 9.91. The zero-order chi connectivity index (χ0) is 31.2. The number of carboxylic acids is 1. The van der Waals surface area contributed by atoms with Crippen molar-refractivity contribution < 1.29 is 34.0 Å². The molecule has 0 saturated heterocycles. The predicted octanol–water partition coefficient (Wildman–Crippen LogP) is 4.57. The Labute approximate surface area is 255 Å². The summed E-state index contributed by atoms with van der Waals surface area (Å²) in [7, 11) is 0. The van der Waals surface area contributed by atoms with Gasteiger partial charge < -0.3 is 20.1 Å². The van der Waals surface area contributed by atoms with Crippen molar-refractivity contribution in [2.24, 2.45) is 40.4 Å². The van der Waals surface area contributed by atoms with Gasteiger partial charge in [0.2, 0.25) is 5.60 Å². The number of aromatic nitrogens is 2. The summed E-state index contributed by atoms with van der Waals surface area (Å²) in [5, 5.41) is 46.7. The lowest BCUT2D eigenvalue weighted by Crippen LogP contribution is -2.64. The molecule has 5 aliphatic rings. The fourth-order valence-corrected chi connectivity index (χ4v) is 9.91. The van der Waals surface area contributed by atoms with Crippen molar-refractivity contribution in [3.63, 3.8) is 0 Å². The lowest BCUT2D eigenvalue weighted by atomic mass is 9.45. The molecule has 0 spiro atoms. The van der Waals surface area contributed by atoms with Gasteiger partial charge in [0.25, 0.3) is 0 Å². The van der Waals surface area contributed by atoms with Crippen LogP contribution in [0.2, 0.25) is 0 Å². The number of nitrogens with zero attached hydrogens (tertiary/aromatic N) is 3. The Morgan fingerprint density at radius 2 is 2.02 bits per heavy atom. The number of aliphatic hydroxyl groups excluding tert-OH is 2. The SMILES string of the molecule is C[C@]12Cc3cnn(-c4ccc(F)c(CO)c4)c3C=C1CC[C@@H]1[C@@H]2[C@@H](O)C[C@@]2(C)[C@H]1CC(CC#N)[C@]2(OC(=O)C1CC1)C(=O)O. The maximum absolute atomic E-state index is 14.1. The number of esters is 1. The molecule has 9 nitrogen and oxygen atoms in total. The summed E-state index contributed by atoms with van der Waals surface area (Å²) in [4.78, 5) is 26.2. The average Bonchev–Trinajstić information content (AvgIpc) is 3.71. The summed E-state index contributed by atoms with van der Waals surface area (Å²) in [6.45, 7) is 3.63. The van der Waals surface area contributed by atoms with Gasteiger partial charge in [-0.15, -0.1) is 0 Å². The molecule has 0 radical (unpaired) electrons. The zero-order valence-electron chi connectivity index (χ0n) is 25.0. The Morgan fingerprint density at radius 3 is 2.70 bits per heavy atom. The molecule has 1 unspecified atom stereocenters. The van der Waals surface area contributed by atoms with Crippen LogP contribution in [0.25, 0.3) is 11.8 Å². The minimum absolute atomic E-state index is 0.0197. The summed E-state index contributed by atoms with van der Waals surface area (Å²) in [5.74, 6) is -3.46. The molecule has 1 heterocycles. The van der Waals surface area contributed by atoms with Crippen molar-refractivity contribution in [1.82, 2.24) is 9.78 Å². The minimum atomic E-state index is -1.86. The van der Waals surface area contributed by atoms with Crippen molar-refractivity contribution in [2.45, 2.75) is 83.5 Å². The first-order valence-corrected chi connectivity index (χ1v) is 15.7. The molecule has 1 aromatic carbocycles. The number of ether oxygens (including phenoxy) is 1. The van der Waals surface area contributed by atoms with E-state index in [2.05, 4.69) is 24.2 Å². The monoisotopic (exact) mass is 603 g/mol. The molecule has 44 heavy (non-hydrogen) atoms. The van der Waals surface area contributed by atoms with E-state index in [-0.39, 0.29) is 42.1 Å². The molecule has 1 aromatic heterocycles. The molecular formula is C34H38FN3O6. The first kappa shape index (κ1) is 29.2. The summed E-state index contributed by atoms with van der Waals surface area (Å²) < 4.78 is 21.9. The first-order chi connectivity index (χ1) is 21.0. The maximum Gasteiger partial charge on any atom is 0.349 e. The Kier molecular flexibility index (Phi) is 6.62. The van der Waals surface area contributed by atoms with Crippen molar-refractivity contribution in [2.75, 3.05) is 0 Å². The van der Waals surface area contributed by atoms with Gasteiger partial charge in [0.1, 0.15) is 5.82 Å². The van der Waals surface area contributed by atoms with E-state index in [0.717, 1.165) is 24.1 Å². The summed E-state index contributed by atoms with van der Waals surface area (Å²) in [5.41, 5.74) is 0.636. The van der Waals surface area contributed by atoms with Crippen molar-refractivity contribution >= 4 is 18.0 Å². The number of halogens is 1. The van der Waals surface area contributed by atoms with Gasteiger partial charge in [-0.25, -0.2) is 13.9 Å². The quantitative estimate of drug-likeness (QED) is 0.407. The lowest BCUT2D eigenvalue weighted by molar-refractivity contribution is -0.217. The van der Waals surface area contributed by atoms with Crippen LogP contribution in [0, 0.1) is 57.6 Å². The van der Waals surface area contributed by atoms with Crippen LogP contribution in [0.3, 0.4) is 0 Å². The largest absolute Gasteiger partial charge is 0.478 e. The molecule has 4 saturated carbocycles. The van der Waals surface area contributed by atoms with Crippen molar-refractivity contribution in [3.8, 4) is 11.8 Å². The number of nitriles is 1. The second kappa shape index (κ2) is 9.98. The van der Waals surface area contributed by atoms with Crippen LogP contribution >= 0.6 is 0 Å². The smallest absolute Gasteiger partial charge is 0.349 e. The molecule has 7 rings (SSSR count). The highest BCUT2D eigenvalue weighted by atomic mass is 19.1. The van der Waals surface area contributed by atoms with Gasteiger partial charge in [-0.05, 0) is 98.0 Å². The highest BCUT2D eigenvalue weighted by Crippen LogP contribution is 2.70. The van der Waals surface area contributed by atoms with E-state index in [9.17, 15) is 34.6 Å². The van der Waals surface area contributed by atoms with Crippen molar-refractivity contribution in [3.05, 3.63) is 52.6 Å². The molecule has 0 amide bonds. The third kappa shape index (κ3) is 3.91. The number of aliphatic carboxylic acids is 1. The van der Waals surface area contributed by atoms with Crippen LogP contribution < -0.4 is 0 Å². The van der Waals surface area contributed by atoms with E-state index in [1.807, 2.05) is 13.1 Å². The van der Waals surface area contributed by atoms with Gasteiger partial charge in [0.05, 0.1) is 42.3 Å². The number of allylic oxidation sites excluding steroid dienone is 1. The van der Waals surface area contributed by atoms with Gasteiger partial charge in [-0.3, -0.25) is 4.79 Å². The van der Waals surface area contributed by atoms with Crippen LogP contribution in [0.5, 0.6) is 0 Å². The van der Waals surface area contributed by atoms with Crippen LogP contribution in [-0.4, -0.2) is 48.7 Å². The summed E-state index contributed by atoms with van der Waals surface area (Å²) in [6.07, 6.45) is 7.18. The number of hydrogen-bond acceptors (Lipinski definition) is 7. The zero-order valence-corrected chi connectivity index (χ0v) is 25.0. The van der Waals surface area contributed by atoms with Gasteiger partial charge in [-0.1, -0.05) is 19.4 Å². The van der Waals surface area contributed by atoms with Gasteiger partial charge >= 0.3 is 11.9 Å². The third-order valence-electron chi connectivity index (χ3n) is 12.0. The molecule has 0 bridgehead atoms. The van der Waals surface area contributed by atoms with E-state index in [4.69, 9.17) is 4.74 Å². The first-order valence-electron chi connectivity index (χ1n) is 15.7. The maximum atomic E-state index is 14.1. The number of aliphatic hydroxyl groups is 2. The molecule has 3 N–H and O–H groups in total. The Hall–Kier alpha value is -3.55. The Bertz CT molecular complexity index is 1620. The highest BCUT2D eigenvalue weighted by molar-refractivity contribution is 5.85. The molecule has 8 atom stereocenters. The van der Waals surface area contributed by atoms with Crippen LogP contribution in [-0.2, 0) is 27.4 Å². The number of carbonyl (C=O) groups is 2. The molecular weight excluding hydrogens is 565 g/mol. The molecule has 4 fully saturated rings. The summed E-state index contributed by atoms with van der Waals surface area (Å²) >= 11 is 0. The van der Waals surface area contributed by atoms with Gasteiger partial charge in [0, 0.05) is 23.3 Å². The third-order valence-corrected chi connectivity index (χ3v) is 12.0. The lowest BCUT2D eigenvalue weighted by Gasteiger charge is -2.60. The molecule has 5 aliphatic carbocycles. The number of carbonyl (C=O) groups excluding carboxylic acids is 1. The highest BCUT2D eigenvalue weighted by Gasteiger charge is 2.74. The molecule has 2 aromatic rings. The number of fused-ring (bicyclic) bond motifs is 6. The molecule has 0 aliphatic heterocycles. The summed E-state index contributed by atoms with van der Waals surface area (Å²) in [6, 6.07) is 6.73. The molecule has 232 valence electrons. The van der Waals surface area contributed by atoms with Crippen LogP contribution in [0.1, 0.15) is 75.6 Å². The average molecular weight is 604 g/mol. The fraction of sp³-hybridized carbons (Fsp3) is 0.588. The molecule has 10 heteroatoms. The number of benzene rings is 1. The van der Waals surface area contributed by atoms with E-state index in [1.54, 1.807) is 16.8 Å². The van der Waals surface area contributed by atoms with E-state index in [0.29, 0.717) is 31.4 Å².